The first-order chi connectivity index (χ1) is 13.9. The third kappa shape index (κ3) is 4.29. The molecule has 1 atom stereocenters. The zero-order valence-electron chi connectivity index (χ0n) is 15.5. The van der Waals surface area contributed by atoms with E-state index in [0.717, 1.165) is 23.5 Å². The molecule has 150 valence electrons. The van der Waals surface area contributed by atoms with E-state index in [1.54, 1.807) is 18.5 Å². The molecule has 1 saturated heterocycles. The summed E-state index contributed by atoms with van der Waals surface area (Å²) in [7, 11) is 0. The molecule has 6 nitrogen and oxygen atoms in total. The summed E-state index contributed by atoms with van der Waals surface area (Å²) in [6, 6.07) is 10.6. The number of pyridine rings is 1. The van der Waals surface area contributed by atoms with Gasteiger partial charge in [-0.25, -0.2) is 15.0 Å². The van der Waals surface area contributed by atoms with Gasteiger partial charge in [0.05, 0.1) is 23.9 Å². The van der Waals surface area contributed by atoms with Gasteiger partial charge in [-0.15, -0.1) is 0 Å². The molecule has 9 heteroatoms. The van der Waals surface area contributed by atoms with Crippen LogP contribution in [0.5, 0.6) is 0 Å². The molecule has 0 aliphatic carbocycles. The zero-order valence-corrected chi connectivity index (χ0v) is 15.5. The Bertz CT molecular complexity index is 1010. The standard InChI is InChI=1S/C20H18F3N5O/c1-13-11-29-12-28(13)18-9-14(5-7-24-18)17-6-8-25-19(27-17)26-16-4-2-3-15(10-16)20(21,22)23/h2-10,13H,11-12H2,1H3,(H,25,26,27). The molecule has 29 heavy (non-hydrogen) atoms. The Hall–Kier alpha value is -3.20. The highest BCUT2D eigenvalue weighted by molar-refractivity contribution is 5.65. The predicted molar refractivity (Wildman–Crippen MR) is 103 cm³/mol. The largest absolute Gasteiger partial charge is 0.416 e. The van der Waals surface area contributed by atoms with Crippen LogP contribution in [-0.4, -0.2) is 34.3 Å². The number of ether oxygens (including phenoxy) is 1. The van der Waals surface area contributed by atoms with Crippen LogP contribution in [0.4, 0.5) is 30.6 Å². The number of hydrogen-bond acceptors (Lipinski definition) is 6. The SMILES string of the molecule is CC1COCN1c1cc(-c2ccnc(Nc3cccc(C(F)(F)F)c3)n2)ccn1. The minimum absolute atomic E-state index is 0.207. The number of benzene rings is 1. The summed E-state index contributed by atoms with van der Waals surface area (Å²) in [6.45, 7) is 3.18. The van der Waals surface area contributed by atoms with Crippen molar-refractivity contribution in [2.45, 2.75) is 19.1 Å². The number of anilines is 3. The third-order valence-electron chi connectivity index (χ3n) is 4.56. The first-order valence-corrected chi connectivity index (χ1v) is 8.98. The molecule has 0 spiro atoms. The topological polar surface area (TPSA) is 63.2 Å². The normalized spacial score (nSPS) is 16.8. The highest BCUT2D eigenvalue weighted by Gasteiger charge is 2.30. The molecular weight excluding hydrogens is 383 g/mol. The number of alkyl halides is 3. The molecule has 1 aromatic carbocycles. The molecule has 1 aliphatic heterocycles. The molecular formula is C20H18F3N5O. The lowest BCUT2D eigenvalue weighted by molar-refractivity contribution is -0.137. The van der Waals surface area contributed by atoms with Crippen LogP contribution in [-0.2, 0) is 10.9 Å². The van der Waals surface area contributed by atoms with Crippen LogP contribution in [0.1, 0.15) is 12.5 Å². The van der Waals surface area contributed by atoms with Gasteiger partial charge in [0.15, 0.2) is 0 Å². The summed E-state index contributed by atoms with van der Waals surface area (Å²) < 4.78 is 44.2. The zero-order chi connectivity index (χ0) is 20.4. The predicted octanol–water partition coefficient (Wildman–Crippen LogP) is 4.48. The lowest BCUT2D eigenvalue weighted by atomic mass is 10.2. The summed E-state index contributed by atoms with van der Waals surface area (Å²) >= 11 is 0. The first kappa shape index (κ1) is 19.1. The van der Waals surface area contributed by atoms with Crippen molar-refractivity contribution in [3.8, 4) is 11.3 Å². The molecule has 3 heterocycles. The highest BCUT2D eigenvalue weighted by Crippen LogP contribution is 2.31. The maximum absolute atomic E-state index is 12.9. The Morgan fingerprint density at radius 2 is 1.93 bits per heavy atom. The number of hydrogen-bond donors (Lipinski definition) is 1. The van der Waals surface area contributed by atoms with Gasteiger partial charge in [0.2, 0.25) is 5.95 Å². The van der Waals surface area contributed by atoms with Crippen LogP contribution in [0.15, 0.2) is 54.9 Å². The van der Waals surface area contributed by atoms with E-state index in [4.69, 9.17) is 4.74 Å². The number of aromatic nitrogens is 3. The van der Waals surface area contributed by atoms with Crippen molar-refractivity contribution in [1.82, 2.24) is 15.0 Å². The minimum Gasteiger partial charge on any atom is -0.359 e. The molecule has 1 N–H and O–H groups in total. The second-order valence-electron chi connectivity index (χ2n) is 6.69. The lowest BCUT2D eigenvalue weighted by Gasteiger charge is -2.20. The Kier molecular flexibility index (Phi) is 5.06. The third-order valence-corrected chi connectivity index (χ3v) is 4.56. The van der Waals surface area contributed by atoms with Crippen LogP contribution in [0.2, 0.25) is 0 Å². The molecule has 0 saturated carbocycles. The molecule has 4 rings (SSSR count). The summed E-state index contributed by atoms with van der Waals surface area (Å²) in [5, 5.41) is 2.84. The fourth-order valence-corrected chi connectivity index (χ4v) is 3.05. The first-order valence-electron chi connectivity index (χ1n) is 8.98. The van der Waals surface area contributed by atoms with Crippen LogP contribution in [0.3, 0.4) is 0 Å². The minimum atomic E-state index is -4.41. The van der Waals surface area contributed by atoms with E-state index in [2.05, 4.69) is 27.2 Å². The number of rotatable bonds is 4. The van der Waals surface area contributed by atoms with E-state index in [1.807, 2.05) is 17.0 Å². The van der Waals surface area contributed by atoms with Gasteiger partial charge in [0.1, 0.15) is 12.5 Å². The van der Waals surface area contributed by atoms with Crippen LogP contribution < -0.4 is 10.2 Å². The van der Waals surface area contributed by atoms with E-state index in [1.165, 1.54) is 12.1 Å². The van der Waals surface area contributed by atoms with Gasteiger partial charge in [0.25, 0.3) is 0 Å². The molecule has 2 aromatic heterocycles. The molecule has 3 aromatic rings. The smallest absolute Gasteiger partial charge is 0.359 e. The second kappa shape index (κ2) is 7.67. The average molecular weight is 401 g/mol. The quantitative estimate of drug-likeness (QED) is 0.695. The van der Waals surface area contributed by atoms with Crippen molar-refractivity contribution in [2.75, 3.05) is 23.6 Å². The lowest BCUT2D eigenvalue weighted by Crippen LogP contribution is -2.28. The summed E-state index contributed by atoms with van der Waals surface area (Å²) in [5.74, 6) is 0.983. The van der Waals surface area contributed by atoms with Gasteiger partial charge in [0, 0.05) is 23.6 Å². The molecule has 1 fully saturated rings. The maximum atomic E-state index is 12.9. The summed E-state index contributed by atoms with van der Waals surface area (Å²) in [6.07, 6.45) is -1.16. The summed E-state index contributed by atoms with van der Waals surface area (Å²) in [5.41, 5.74) is 0.976. The number of nitrogens with zero attached hydrogens (tertiary/aromatic N) is 4. The Balaban J connectivity index is 1.58. The van der Waals surface area contributed by atoms with Crippen molar-refractivity contribution in [3.05, 3.63) is 60.4 Å². The maximum Gasteiger partial charge on any atom is 0.416 e. The molecule has 0 amide bonds. The van der Waals surface area contributed by atoms with Crippen LogP contribution >= 0.6 is 0 Å². The van der Waals surface area contributed by atoms with E-state index in [9.17, 15) is 13.2 Å². The molecule has 0 radical (unpaired) electrons. The van der Waals surface area contributed by atoms with Gasteiger partial charge in [-0.05, 0) is 43.3 Å². The van der Waals surface area contributed by atoms with Crippen molar-refractivity contribution < 1.29 is 17.9 Å². The average Bonchev–Trinajstić information content (AvgIpc) is 3.14. The van der Waals surface area contributed by atoms with E-state index >= 15 is 0 Å². The number of nitrogens with one attached hydrogen (secondary N) is 1. The second-order valence-corrected chi connectivity index (χ2v) is 6.69. The highest BCUT2D eigenvalue weighted by atomic mass is 19.4. The van der Waals surface area contributed by atoms with Gasteiger partial charge < -0.3 is 15.0 Å². The van der Waals surface area contributed by atoms with Crippen molar-refractivity contribution in [2.24, 2.45) is 0 Å². The Morgan fingerprint density at radius 3 is 2.69 bits per heavy atom. The Morgan fingerprint density at radius 1 is 1.10 bits per heavy atom. The fraction of sp³-hybridized carbons (Fsp3) is 0.250. The molecule has 1 unspecified atom stereocenters. The van der Waals surface area contributed by atoms with Gasteiger partial charge in [-0.3, -0.25) is 0 Å². The van der Waals surface area contributed by atoms with E-state index in [0.29, 0.717) is 19.0 Å². The van der Waals surface area contributed by atoms with Gasteiger partial charge >= 0.3 is 6.18 Å². The monoisotopic (exact) mass is 401 g/mol. The van der Waals surface area contributed by atoms with Crippen molar-refractivity contribution in [3.63, 3.8) is 0 Å². The fourth-order valence-electron chi connectivity index (χ4n) is 3.05. The Labute approximate surface area is 165 Å². The molecule has 0 bridgehead atoms. The van der Waals surface area contributed by atoms with Gasteiger partial charge in [-0.1, -0.05) is 6.07 Å². The summed E-state index contributed by atoms with van der Waals surface area (Å²) in [4.78, 5) is 15.0. The van der Waals surface area contributed by atoms with Crippen LogP contribution in [0.25, 0.3) is 11.3 Å². The van der Waals surface area contributed by atoms with E-state index < -0.39 is 11.7 Å². The van der Waals surface area contributed by atoms with Crippen LogP contribution in [0, 0.1) is 0 Å². The molecule has 1 aliphatic rings. The number of halogens is 3. The van der Waals surface area contributed by atoms with Crippen molar-refractivity contribution >= 4 is 17.5 Å². The van der Waals surface area contributed by atoms with Gasteiger partial charge in [-0.2, -0.15) is 13.2 Å². The van der Waals surface area contributed by atoms with Crippen molar-refractivity contribution in [1.29, 1.82) is 0 Å². The van der Waals surface area contributed by atoms with E-state index in [-0.39, 0.29) is 17.7 Å².